The summed E-state index contributed by atoms with van der Waals surface area (Å²) in [5, 5.41) is 0.414. The van der Waals surface area contributed by atoms with Gasteiger partial charge < -0.3 is 14.3 Å². The van der Waals surface area contributed by atoms with Crippen molar-refractivity contribution in [2.75, 3.05) is 6.61 Å². The van der Waals surface area contributed by atoms with Crippen molar-refractivity contribution in [3.63, 3.8) is 0 Å². The maximum absolute atomic E-state index is 13.4. The van der Waals surface area contributed by atoms with Gasteiger partial charge in [0.25, 0.3) is 10.0 Å². The van der Waals surface area contributed by atoms with Crippen LogP contribution in [0.2, 0.25) is 5.02 Å². The van der Waals surface area contributed by atoms with E-state index in [1.807, 2.05) is 0 Å². The van der Waals surface area contributed by atoms with E-state index in [2.05, 4.69) is 9.97 Å². The number of carbonyl (C=O) groups is 1. The van der Waals surface area contributed by atoms with Crippen LogP contribution in [0.4, 0.5) is 0 Å². The molecule has 10 heteroatoms. The molecule has 0 spiro atoms. The van der Waals surface area contributed by atoms with E-state index in [1.165, 1.54) is 16.8 Å². The summed E-state index contributed by atoms with van der Waals surface area (Å²) >= 11 is 6.31. The first-order valence-electron chi connectivity index (χ1n) is 9.71. The summed E-state index contributed by atoms with van der Waals surface area (Å²) in [5.74, 6) is -0.473. The Kier molecular flexibility index (Phi) is 6.88. The summed E-state index contributed by atoms with van der Waals surface area (Å²) in [5.41, 5.74) is 3.04. The first-order chi connectivity index (χ1) is 14.6. The van der Waals surface area contributed by atoms with Gasteiger partial charge in [-0.05, 0) is 43.5 Å². The van der Waals surface area contributed by atoms with E-state index in [0.717, 1.165) is 0 Å². The number of aryl methyl sites for hydroxylation is 2. The minimum atomic E-state index is -3.94. The molecule has 0 fully saturated rings. The molecular formula is C21H25ClN4O4S. The van der Waals surface area contributed by atoms with Gasteiger partial charge in [-0.1, -0.05) is 29.8 Å². The molecule has 8 nitrogen and oxygen atoms in total. The summed E-state index contributed by atoms with van der Waals surface area (Å²) in [6.45, 7) is 5.64. The molecule has 31 heavy (non-hydrogen) atoms. The Hall–Kier alpha value is -2.62. The second-order valence-corrected chi connectivity index (χ2v) is 9.48. The smallest absolute Gasteiger partial charge is 0.355 e. The zero-order valence-corrected chi connectivity index (χ0v) is 19.4. The number of hydrogen-bond donors (Lipinski definition) is 1. The number of nitrogens with one attached hydrogen (secondary N) is 1. The lowest BCUT2D eigenvalue weighted by Gasteiger charge is -2.22. The molecule has 0 radical (unpaired) electrons. The molecule has 2 heterocycles. The number of aromatic nitrogens is 3. The predicted molar refractivity (Wildman–Crippen MR) is 117 cm³/mol. The topological polar surface area (TPSA) is 97.3 Å². The maximum atomic E-state index is 13.4. The van der Waals surface area contributed by atoms with Crippen molar-refractivity contribution in [1.29, 1.82) is 0 Å². The van der Waals surface area contributed by atoms with Gasteiger partial charge in [-0.3, -0.25) is 0 Å². The Labute approximate surface area is 186 Å². The zero-order valence-electron chi connectivity index (χ0n) is 17.8. The molecular weight excluding hydrogens is 440 g/mol. The first-order valence-corrected chi connectivity index (χ1v) is 11.5. The Bertz CT molecular complexity index is 1200. The standard InChI is InChI=1S/C21H25ClN4O4S/c1-5-30-21(27)20-14(2)17(15(3)24-20)11-26(10-16-8-6-7-9-18(16)22)31(28,29)19-12-25(4)13-23-19/h6-9,12-13,24H,5,10-11H2,1-4H3. The van der Waals surface area contributed by atoms with Gasteiger partial charge in [-0.15, -0.1) is 0 Å². The van der Waals surface area contributed by atoms with E-state index >= 15 is 0 Å². The second kappa shape index (κ2) is 9.25. The quantitative estimate of drug-likeness (QED) is 0.514. The lowest BCUT2D eigenvalue weighted by Crippen LogP contribution is -2.31. The van der Waals surface area contributed by atoms with Crippen molar-refractivity contribution >= 4 is 27.6 Å². The van der Waals surface area contributed by atoms with Crippen LogP contribution in [-0.2, 0) is 34.9 Å². The predicted octanol–water partition coefficient (Wildman–Crippen LogP) is 3.59. The fourth-order valence-electron chi connectivity index (χ4n) is 3.31. The molecule has 0 saturated carbocycles. The van der Waals surface area contributed by atoms with Crippen LogP contribution in [0, 0.1) is 13.8 Å². The van der Waals surface area contributed by atoms with Crippen LogP contribution in [0.5, 0.6) is 0 Å². The number of ether oxygens (including phenoxy) is 1. The van der Waals surface area contributed by atoms with Crippen LogP contribution in [0.1, 0.15) is 39.8 Å². The molecule has 0 bridgehead atoms. The Morgan fingerprint density at radius 1 is 1.26 bits per heavy atom. The number of rotatable bonds is 8. The molecule has 0 aliphatic heterocycles. The second-order valence-electron chi connectivity index (χ2n) is 7.19. The van der Waals surface area contributed by atoms with Gasteiger partial charge in [0.2, 0.25) is 0 Å². The first kappa shape index (κ1) is 23.1. The summed E-state index contributed by atoms with van der Waals surface area (Å²) in [6.07, 6.45) is 2.89. The summed E-state index contributed by atoms with van der Waals surface area (Å²) in [6, 6.07) is 7.09. The Morgan fingerprint density at radius 3 is 2.58 bits per heavy atom. The molecule has 0 atom stereocenters. The van der Waals surface area contributed by atoms with Crippen molar-refractivity contribution in [1.82, 2.24) is 18.8 Å². The highest BCUT2D eigenvalue weighted by Crippen LogP contribution is 2.27. The van der Waals surface area contributed by atoms with Gasteiger partial charge in [0.15, 0.2) is 5.03 Å². The van der Waals surface area contributed by atoms with Crippen molar-refractivity contribution in [3.8, 4) is 0 Å². The van der Waals surface area contributed by atoms with Gasteiger partial charge in [0.1, 0.15) is 5.69 Å². The average molecular weight is 465 g/mol. The van der Waals surface area contributed by atoms with Crippen LogP contribution >= 0.6 is 11.6 Å². The minimum absolute atomic E-state index is 0.0394. The zero-order chi connectivity index (χ0) is 22.8. The van der Waals surface area contributed by atoms with Crippen LogP contribution in [0.25, 0.3) is 0 Å². The number of carbonyl (C=O) groups excluding carboxylic acids is 1. The highest BCUT2D eigenvalue weighted by molar-refractivity contribution is 7.89. The van der Waals surface area contributed by atoms with Crippen LogP contribution < -0.4 is 0 Å². The number of benzene rings is 1. The Morgan fingerprint density at radius 2 is 1.97 bits per heavy atom. The highest BCUT2D eigenvalue weighted by atomic mass is 35.5. The van der Waals surface area contributed by atoms with Gasteiger partial charge in [-0.2, -0.15) is 4.31 Å². The van der Waals surface area contributed by atoms with E-state index < -0.39 is 16.0 Å². The molecule has 1 N–H and O–H groups in total. The third-order valence-corrected chi connectivity index (χ3v) is 7.04. The molecule has 2 aromatic heterocycles. The monoisotopic (exact) mass is 464 g/mol. The molecule has 0 unspecified atom stereocenters. The third-order valence-electron chi connectivity index (χ3n) is 5.00. The number of esters is 1. The normalized spacial score (nSPS) is 11.8. The third kappa shape index (κ3) is 4.84. The summed E-state index contributed by atoms with van der Waals surface area (Å²) in [7, 11) is -2.23. The van der Waals surface area contributed by atoms with Crippen molar-refractivity contribution in [3.05, 3.63) is 69.9 Å². The van der Waals surface area contributed by atoms with E-state index in [4.69, 9.17) is 16.3 Å². The number of nitrogens with zero attached hydrogens (tertiary/aromatic N) is 3. The Balaban J connectivity index is 2.04. The molecule has 0 aliphatic carbocycles. The lowest BCUT2D eigenvalue weighted by atomic mass is 10.1. The molecule has 3 rings (SSSR count). The fourth-order valence-corrected chi connectivity index (χ4v) is 4.85. The fraction of sp³-hybridized carbons (Fsp3) is 0.333. The largest absolute Gasteiger partial charge is 0.461 e. The number of H-pyrrole nitrogens is 1. The summed E-state index contributed by atoms with van der Waals surface area (Å²) < 4.78 is 34.9. The molecule has 0 aliphatic rings. The molecule has 166 valence electrons. The number of aromatic amines is 1. The highest BCUT2D eigenvalue weighted by Gasteiger charge is 2.30. The number of halogens is 1. The van der Waals surface area contributed by atoms with Crippen molar-refractivity contribution in [2.24, 2.45) is 7.05 Å². The van der Waals surface area contributed by atoms with Crippen LogP contribution in [0.15, 0.2) is 41.8 Å². The molecule has 0 amide bonds. The lowest BCUT2D eigenvalue weighted by molar-refractivity contribution is 0.0519. The van der Waals surface area contributed by atoms with Crippen molar-refractivity contribution in [2.45, 2.75) is 38.9 Å². The number of imidazole rings is 1. The van der Waals surface area contributed by atoms with Gasteiger partial charge in [-0.25, -0.2) is 18.2 Å². The SMILES string of the molecule is CCOC(=O)c1[nH]c(C)c(CN(Cc2ccccc2Cl)S(=O)(=O)c2cn(C)cn2)c1C. The molecule has 3 aromatic rings. The number of sulfonamides is 1. The van der Waals surface area contributed by atoms with E-state index in [1.54, 1.807) is 56.7 Å². The summed E-state index contributed by atoms with van der Waals surface area (Å²) in [4.78, 5) is 19.3. The number of hydrogen-bond acceptors (Lipinski definition) is 5. The van der Waals surface area contributed by atoms with Gasteiger partial charge >= 0.3 is 5.97 Å². The van der Waals surface area contributed by atoms with Crippen LogP contribution in [-0.4, -0.2) is 39.8 Å². The van der Waals surface area contributed by atoms with E-state index in [0.29, 0.717) is 33.1 Å². The molecule has 0 saturated heterocycles. The maximum Gasteiger partial charge on any atom is 0.355 e. The van der Waals surface area contributed by atoms with Gasteiger partial charge in [0, 0.05) is 37.1 Å². The minimum Gasteiger partial charge on any atom is -0.461 e. The molecule has 1 aromatic carbocycles. The average Bonchev–Trinajstić information content (AvgIpc) is 3.28. The van der Waals surface area contributed by atoms with Gasteiger partial charge in [0.05, 0.1) is 12.9 Å². The van der Waals surface area contributed by atoms with E-state index in [9.17, 15) is 13.2 Å². The van der Waals surface area contributed by atoms with Crippen molar-refractivity contribution < 1.29 is 17.9 Å². The van der Waals surface area contributed by atoms with Crippen LogP contribution in [0.3, 0.4) is 0 Å². The van der Waals surface area contributed by atoms with E-state index in [-0.39, 0.29) is 24.7 Å².